The van der Waals surface area contributed by atoms with Crippen LogP contribution >= 0.6 is 0 Å². The summed E-state index contributed by atoms with van der Waals surface area (Å²) in [5.74, 6) is 0.609. The van der Waals surface area contributed by atoms with Crippen LogP contribution in [0.3, 0.4) is 0 Å². The van der Waals surface area contributed by atoms with Crippen LogP contribution in [0.1, 0.15) is 19.8 Å². The standard InChI is InChI=1S/C10H17NO/c1-3-9-4-6-11-10(8-9)5-7-12-2/h4,6,8-9,11H,3,5,7H2,1-2H3. The maximum atomic E-state index is 5.01. The molecule has 0 radical (unpaired) electrons. The SMILES string of the molecule is CCC1C=CNC(CCOC)=C1. The van der Waals surface area contributed by atoms with Gasteiger partial charge in [0, 0.05) is 19.2 Å². The van der Waals surface area contributed by atoms with Crippen molar-refractivity contribution in [1.29, 1.82) is 0 Å². The smallest absolute Gasteiger partial charge is 0.0516 e. The van der Waals surface area contributed by atoms with Crippen LogP contribution in [0.15, 0.2) is 24.0 Å². The first-order chi connectivity index (χ1) is 5.86. The molecule has 0 amide bonds. The fraction of sp³-hybridized carbons (Fsp3) is 0.600. The van der Waals surface area contributed by atoms with Crippen molar-refractivity contribution < 1.29 is 4.74 Å². The van der Waals surface area contributed by atoms with Gasteiger partial charge in [0.2, 0.25) is 0 Å². The second kappa shape index (κ2) is 4.99. The molecule has 0 fully saturated rings. The van der Waals surface area contributed by atoms with Crippen LogP contribution < -0.4 is 5.32 Å². The van der Waals surface area contributed by atoms with Gasteiger partial charge < -0.3 is 10.1 Å². The van der Waals surface area contributed by atoms with Gasteiger partial charge in [-0.05, 0) is 18.5 Å². The first kappa shape index (κ1) is 9.33. The summed E-state index contributed by atoms with van der Waals surface area (Å²) < 4.78 is 5.01. The molecule has 0 saturated carbocycles. The molecular weight excluding hydrogens is 150 g/mol. The summed E-state index contributed by atoms with van der Waals surface area (Å²) in [6.45, 7) is 2.99. The lowest BCUT2D eigenvalue weighted by Gasteiger charge is -2.15. The maximum absolute atomic E-state index is 5.01. The molecular formula is C10H17NO. The van der Waals surface area contributed by atoms with E-state index in [1.807, 2.05) is 6.20 Å². The van der Waals surface area contributed by atoms with Crippen molar-refractivity contribution in [2.45, 2.75) is 19.8 Å². The normalized spacial score (nSPS) is 21.8. The van der Waals surface area contributed by atoms with Gasteiger partial charge in [0.05, 0.1) is 6.61 Å². The molecule has 0 aromatic carbocycles. The van der Waals surface area contributed by atoms with E-state index in [1.54, 1.807) is 7.11 Å². The molecule has 1 unspecified atom stereocenters. The van der Waals surface area contributed by atoms with Crippen LogP contribution in [0.4, 0.5) is 0 Å². The molecule has 1 N–H and O–H groups in total. The van der Waals surface area contributed by atoms with Crippen LogP contribution in [0.2, 0.25) is 0 Å². The van der Waals surface area contributed by atoms with E-state index in [1.165, 1.54) is 12.1 Å². The zero-order chi connectivity index (χ0) is 8.81. The van der Waals surface area contributed by atoms with Gasteiger partial charge in [-0.25, -0.2) is 0 Å². The summed E-state index contributed by atoms with van der Waals surface area (Å²) in [5, 5.41) is 3.22. The van der Waals surface area contributed by atoms with Crippen molar-refractivity contribution in [3.05, 3.63) is 24.0 Å². The van der Waals surface area contributed by atoms with E-state index in [9.17, 15) is 0 Å². The van der Waals surface area contributed by atoms with E-state index in [0.717, 1.165) is 13.0 Å². The molecule has 68 valence electrons. The minimum atomic E-state index is 0.609. The highest BCUT2D eigenvalue weighted by molar-refractivity contribution is 5.15. The number of hydrogen-bond donors (Lipinski definition) is 1. The molecule has 0 aliphatic carbocycles. The van der Waals surface area contributed by atoms with Crippen molar-refractivity contribution in [3.8, 4) is 0 Å². The molecule has 1 aliphatic heterocycles. The quantitative estimate of drug-likeness (QED) is 0.692. The Morgan fingerprint density at radius 3 is 3.08 bits per heavy atom. The van der Waals surface area contributed by atoms with E-state index >= 15 is 0 Å². The summed E-state index contributed by atoms with van der Waals surface area (Å²) in [6, 6.07) is 0. The number of allylic oxidation sites excluding steroid dienone is 2. The van der Waals surface area contributed by atoms with Gasteiger partial charge in [0.1, 0.15) is 0 Å². The number of ether oxygens (including phenoxy) is 1. The summed E-state index contributed by atoms with van der Waals surface area (Å²) >= 11 is 0. The number of rotatable bonds is 4. The van der Waals surface area contributed by atoms with Gasteiger partial charge in [-0.2, -0.15) is 0 Å². The first-order valence-electron chi connectivity index (χ1n) is 4.49. The molecule has 12 heavy (non-hydrogen) atoms. The minimum Gasteiger partial charge on any atom is -0.384 e. The monoisotopic (exact) mass is 167 g/mol. The van der Waals surface area contributed by atoms with Crippen LogP contribution in [-0.2, 0) is 4.74 Å². The maximum Gasteiger partial charge on any atom is 0.0516 e. The van der Waals surface area contributed by atoms with Gasteiger partial charge in [-0.15, -0.1) is 0 Å². The third kappa shape index (κ3) is 2.70. The van der Waals surface area contributed by atoms with Crippen LogP contribution in [-0.4, -0.2) is 13.7 Å². The lowest BCUT2D eigenvalue weighted by atomic mass is 10.0. The van der Waals surface area contributed by atoms with E-state index < -0.39 is 0 Å². The zero-order valence-electron chi connectivity index (χ0n) is 7.84. The fourth-order valence-electron chi connectivity index (χ4n) is 1.26. The Bertz CT molecular complexity index is 184. The van der Waals surface area contributed by atoms with Gasteiger partial charge in [0.15, 0.2) is 0 Å². The summed E-state index contributed by atoms with van der Waals surface area (Å²) in [7, 11) is 1.73. The predicted octanol–water partition coefficient (Wildman–Crippen LogP) is 2.05. The van der Waals surface area contributed by atoms with Crippen LogP contribution in [0.25, 0.3) is 0 Å². The average Bonchev–Trinajstić information content (AvgIpc) is 2.15. The lowest BCUT2D eigenvalue weighted by Crippen LogP contribution is -2.13. The Morgan fingerprint density at radius 2 is 2.42 bits per heavy atom. The van der Waals surface area contributed by atoms with Crippen LogP contribution in [0.5, 0.6) is 0 Å². The molecule has 0 bridgehead atoms. The third-order valence-corrected chi connectivity index (χ3v) is 2.07. The highest BCUT2D eigenvalue weighted by Crippen LogP contribution is 2.14. The summed E-state index contributed by atoms with van der Waals surface area (Å²) in [6.07, 6.45) is 8.65. The Balaban J connectivity index is 2.38. The molecule has 1 heterocycles. The Morgan fingerprint density at radius 1 is 1.58 bits per heavy atom. The average molecular weight is 167 g/mol. The largest absolute Gasteiger partial charge is 0.384 e. The molecule has 2 nitrogen and oxygen atoms in total. The second-order valence-corrected chi connectivity index (χ2v) is 3.01. The topological polar surface area (TPSA) is 21.3 Å². The van der Waals surface area contributed by atoms with Crippen molar-refractivity contribution >= 4 is 0 Å². The van der Waals surface area contributed by atoms with Crippen molar-refractivity contribution in [1.82, 2.24) is 5.32 Å². The summed E-state index contributed by atoms with van der Waals surface area (Å²) in [4.78, 5) is 0. The van der Waals surface area contributed by atoms with E-state index in [2.05, 4.69) is 24.4 Å². The molecule has 1 aliphatic rings. The second-order valence-electron chi connectivity index (χ2n) is 3.01. The molecule has 0 spiro atoms. The molecule has 1 rings (SSSR count). The molecule has 0 aromatic rings. The highest BCUT2D eigenvalue weighted by Gasteiger charge is 2.04. The molecule has 2 heteroatoms. The van der Waals surface area contributed by atoms with Crippen molar-refractivity contribution in [2.75, 3.05) is 13.7 Å². The predicted molar refractivity (Wildman–Crippen MR) is 50.6 cm³/mol. The highest BCUT2D eigenvalue weighted by atomic mass is 16.5. The Labute approximate surface area is 74.3 Å². The van der Waals surface area contributed by atoms with E-state index in [0.29, 0.717) is 5.92 Å². The van der Waals surface area contributed by atoms with Crippen LogP contribution in [0, 0.1) is 5.92 Å². The van der Waals surface area contributed by atoms with Gasteiger partial charge in [-0.3, -0.25) is 0 Å². The van der Waals surface area contributed by atoms with E-state index in [4.69, 9.17) is 4.74 Å². The number of nitrogens with one attached hydrogen (secondary N) is 1. The zero-order valence-corrected chi connectivity index (χ0v) is 7.84. The number of hydrogen-bond acceptors (Lipinski definition) is 2. The van der Waals surface area contributed by atoms with Gasteiger partial charge in [0.25, 0.3) is 0 Å². The molecule has 0 aromatic heterocycles. The number of dihydropyridines is 1. The Hall–Kier alpha value is -0.760. The van der Waals surface area contributed by atoms with Crippen molar-refractivity contribution in [2.24, 2.45) is 5.92 Å². The number of methoxy groups -OCH3 is 1. The Kier molecular flexibility index (Phi) is 3.88. The minimum absolute atomic E-state index is 0.609. The molecule has 0 saturated heterocycles. The van der Waals surface area contributed by atoms with Gasteiger partial charge >= 0.3 is 0 Å². The van der Waals surface area contributed by atoms with Gasteiger partial charge in [-0.1, -0.05) is 19.1 Å². The fourth-order valence-corrected chi connectivity index (χ4v) is 1.26. The summed E-state index contributed by atoms with van der Waals surface area (Å²) in [5.41, 5.74) is 1.28. The van der Waals surface area contributed by atoms with Crippen molar-refractivity contribution in [3.63, 3.8) is 0 Å². The first-order valence-corrected chi connectivity index (χ1v) is 4.49. The molecule has 1 atom stereocenters. The third-order valence-electron chi connectivity index (χ3n) is 2.07. The lowest BCUT2D eigenvalue weighted by molar-refractivity contribution is 0.201. The van der Waals surface area contributed by atoms with E-state index in [-0.39, 0.29) is 0 Å².